The van der Waals surface area contributed by atoms with Crippen molar-refractivity contribution in [1.29, 1.82) is 0 Å². The Morgan fingerprint density at radius 1 is 1.38 bits per heavy atom. The van der Waals surface area contributed by atoms with Crippen molar-refractivity contribution in [3.8, 4) is 0 Å². The molecule has 1 aliphatic rings. The van der Waals surface area contributed by atoms with Crippen LogP contribution in [0.2, 0.25) is 0 Å². The SMILES string of the molecule is O=C1CCNCC1c1cc2cnncc2o1. The predicted molar refractivity (Wildman–Crippen MR) is 57.0 cm³/mol. The maximum Gasteiger partial charge on any atom is 0.156 e. The van der Waals surface area contributed by atoms with Gasteiger partial charge in [-0.25, -0.2) is 0 Å². The van der Waals surface area contributed by atoms with Crippen molar-refractivity contribution >= 4 is 16.8 Å². The fourth-order valence-electron chi connectivity index (χ4n) is 2.00. The van der Waals surface area contributed by atoms with Gasteiger partial charge in [-0.05, 0) is 6.07 Å². The van der Waals surface area contributed by atoms with Crippen molar-refractivity contribution in [2.45, 2.75) is 12.3 Å². The smallest absolute Gasteiger partial charge is 0.156 e. The van der Waals surface area contributed by atoms with Crippen LogP contribution in [0.1, 0.15) is 18.1 Å². The molecule has 82 valence electrons. The standard InChI is InChI=1S/C11H11N3O2/c15-9-1-2-12-5-8(9)10-3-7-4-13-14-6-11(7)16-10/h3-4,6,8,12H,1-2,5H2. The zero-order valence-electron chi connectivity index (χ0n) is 8.64. The zero-order valence-corrected chi connectivity index (χ0v) is 8.64. The number of Topliss-reactive ketones (excluding diaryl/α,β-unsaturated/α-hetero) is 1. The highest BCUT2D eigenvalue weighted by molar-refractivity contribution is 5.88. The van der Waals surface area contributed by atoms with Gasteiger partial charge in [-0.1, -0.05) is 0 Å². The Hall–Kier alpha value is -1.75. The van der Waals surface area contributed by atoms with E-state index < -0.39 is 0 Å². The molecule has 2 aromatic heterocycles. The van der Waals surface area contributed by atoms with Gasteiger partial charge in [0.15, 0.2) is 5.58 Å². The van der Waals surface area contributed by atoms with Gasteiger partial charge in [0.2, 0.25) is 0 Å². The number of hydrogen-bond donors (Lipinski definition) is 1. The second-order valence-electron chi connectivity index (χ2n) is 3.93. The summed E-state index contributed by atoms with van der Waals surface area (Å²) in [6, 6.07) is 1.87. The molecule has 0 saturated carbocycles. The molecule has 1 fully saturated rings. The van der Waals surface area contributed by atoms with Crippen LogP contribution in [0.15, 0.2) is 22.9 Å². The van der Waals surface area contributed by atoms with Crippen LogP contribution in [0, 0.1) is 0 Å². The van der Waals surface area contributed by atoms with Crippen LogP contribution in [0.5, 0.6) is 0 Å². The summed E-state index contributed by atoms with van der Waals surface area (Å²) in [5.74, 6) is 0.780. The summed E-state index contributed by atoms with van der Waals surface area (Å²) in [6.45, 7) is 1.41. The topological polar surface area (TPSA) is 68.0 Å². The van der Waals surface area contributed by atoms with E-state index in [1.165, 1.54) is 0 Å². The number of fused-ring (bicyclic) bond motifs is 1. The number of nitrogens with one attached hydrogen (secondary N) is 1. The summed E-state index contributed by atoms with van der Waals surface area (Å²) in [4.78, 5) is 11.7. The van der Waals surface area contributed by atoms with E-state index in [1.54, 1.807) is 12.4 Å². The van der Waals surface area contributed by atoms with Crippen LogP contribution in [0.4, 0.5) is 0 Å². The molecule has 5 heteroatoms. The summed E-state index contributed by atoms with van der Waals surface area (Å²) in [6.07, 6.45) is 3.78. The van der Waals surface area contributed by atoms with Gasteiger partial charge in [-0.2, -0.15) is 10.2 Å². The number of piperidine rings is 1. The second kappa shape index (κ2) is 3.68. The molecule has 0 aliphatic carbocycles. The lowest BCUT2D eigenvalue weighted by Crippen LogP contribution is -2.35. The lowest BCUT2D eigenvalue weighted by molar-refractivity contribution is -0.121. The average Bonchev–Trinajstić information content (AvgIpc) is 2.73. The molecule has 3 heterocycles. The van der Waals surface area contributed by atoms with E-state index in [1.807, 2.05) is 6.07 Å². The molecule has 1 aliphatic heterocycles. The van der Waals surface area contributed by atoms with Crippen LogP contribution in [-0.2, 0) is 4.79 Å². The number of furan rings is 1. The zero-order chi connectivity index (χ0) is 11.0. The van der Waals surface area contributed by atoms with Gasteiger partial charge in [0.25, 0.3) is 0 Å². The molecule has 5 nitrogen and oxygen atoms in total. The first-order chi connectivity index (χ1) is 7.84. The lowest BCUT2D eigenvalue weighted by Gasteiger charge is -2.19. The number of hydrogen-bond acceptors (Lipinski definition) is 5. The summed E-state index contributed by atoms with van der Waals surface area (Å²) < 4.78 is 5.61. The van der Waals surface area contributed by atoms with Crippen molar-refractivity contribution < 1.29 is 9.21 Å². The third kappa shape index (κ3) is 1.49. The van der Waals surface area contributed by atoms with Crippen LogP contribution >= 0.6 is 0 Å². The number of ketones is 1. The van der Waals surface area contributed by atoms with E-state index in [4.69, 9.17) is 4.42 Å². The molecule has 3 rings (SSSR count). The lowest BCUT2D eigenvalue weighted by atomic mass is 9.95. The van der Waals surface area contributed by atoms with Crippen molar-refractivity contribution in [2.24, 2.45) is 0 Å². The molecule has 2 aromatic rings. The van der Waals surface area contributed by atoms with Gasteiger partial charge in [0, 0.05) is 24.9 Å². The minimum atomic E-state index is -0.166. The third-order valence-electron chi connectivity index (χ3n) is 2.88. The van der Waals surface area contributed by atoms with Gasteiger partial charge < -0.3 is 9.73 Å². The molecule has 1 N–H and O–H groups in total. The molecule has 1 saturated heterocycles. The molecule has 0 radical (unpaired) electrons. The van der Waals surface area contributed by atoms with Crippen molar-refractivity contribution in [3.63, 3.8) is 0 Å². The minimum Gasteiger partial charge on any atom is -0.458 e. The van der Waals surface area contributed by atoms with E-state index in [-0.39, 0.29) is 11.7 Å². The Kier molecular flexibility index (Phi) is 2.18. The molecule has 0 aromatic carbocycles. The molecular formula is C11H11N3O2. The highest BCUT2D eigenvalue weighted by Crippen LogP contribution is 2.26. The Balaban J connectivity index is 2.01. The molecule has 0 bridgehead atoms. The first kappa shape index (κ1) is 9.47. The molecule has 0 amide bonds. The number of carbonyl (C=O) groups excluding carboxylic acids is 1. The maximum absolute atomic E-state index is 11.7. The Bertz CT molecular complexity index is 502. The van der Waals surface area contributed by atoms with E-state index >= 15 is 0 Å². The molecular weight excluding hydrogens is 206 g/mol. The Labute approximate surface area is 91.8 Å². The fraction of sp³-hybridized carbons (Fsp3) is 0.364. The summed E-state index contributed by atoms with van der Waals surface area (Å²) in [5, 5.41) is 11.6. The van der Waals surface area contributed by atoms with Gasteiger partial charge in [0.05, 0.1) is 18.3 Å². The van der Waals surface area contributed by atoms with E-state index in [9.17, 15) is 4.79 Å². The Morgan fingerprint density at radius 3 is 3.06 bits per heavy atom. The second-order valence-corrected chi connectivity index (χ2v) is 3.93. The highest BCUT2D eigenvalue weighted by atomic mass is 16.3. The number of carbonyl (C=O) groups is 1. The molecule has 1 unspecified atom stereocenters. The van der Waals surface area contributed by atoms with E-state index in [0.717, 1.165) is 11.9 Å². The van der Waals surface area contributed by atoms with Crippen LogP contribution in [0.3, 0.4) is 0 Å². The van der Waals surface area contributed by atoms with Crippen molar-refractivity contribution in [1.82, 2.24) is 15.5 Å². The van der Waals surface area contributed by atoms with E-state index in [0.29, 0.717) is 24.3 Å². The number of aromatic nitrogens is 2. The molecule has 0 spiro atoms. The molecule has 1 atom stereocenters. The van der Waals surface area contributed by atoms with E-state index in [2.05, 4.69) is 15.5 Å². The monoisotopic (exact) mass is 217 g/mol. The number of rotatable bonds is 1. The normalized spacial score (nSPS) is 21.5. The summed E-state index contributed by atoms with van der Waals surface area (Å²) in [7, 11) is 0. The van der Waals surface area contributed by atoms with Crippen LogP contribution in [-0.4, -0.2) is 29.1 Å². The quantitative estimate of drug-likeness (QED) is 0.767. The number of nitrogens with zero attached hydrogens (tertiary/aromatic N) is 2. The maximum atomic E-state index is 11.7. The first-order valence-corrected chi connectivity index (χ1v) is 5.28. The van der Waals surface area contributed by atoms with Gasteiger partial charge in [-0.15, -0.1) is 0 Å². The predicted octanol–water partition coefficient (Wildman–Crippen LogP) is 0.869. The molecule has 16 heavy (non-hydrogen) atoms. The van der Waals surface area contributed by atoms with Crippen molar-refractivity contribution in [2.75, 3.05) is 13.1 Å². The fourth-order valence-corrected chi connectivity index (χ4v) is 2.00. The van der Waals surface area contributed by atoms with Gasteiger partial charge in [-0.3, -0.25) is 4.79 Å². The minimum absolute atomic E-state index is 0.166. The summed E-state index contributed by atoms with van der Waals surface area (Å²) >= 11 is 0. The average molecular weight is 217 g/mol. The third-order valence-corrected chi connectivity index (χ3v) is 2.88. The van der Waals surface area contributed by atoms with Crippen LogP contribution < -0.4 is 5.32 Å². The first-order valence-electron chi connectivity index (χ1n) is 5.28. The van der Waals surface area contributed by atoms with Gasteiger partial charge >= 0.3 is 0 Å². The van der Waals surface area contributed by atoms with Crippen LogP contribution in [0.25, 0.3) is 11.0 Å². The Morgan fingerprint density at radius 2 is 2.25 bits per heavy atom. The van der Waals surface area contributed by atoms with Gasteiger partial charge in [0.1, 0.15) is 11.5 Å². The largest absolute Gasteiger partial charge is 0.458 e. The van der Waals surface area contributed by atoms with Crippen molar-refractivity contribution in [3.05, 3.63) is 24.2 Å². The highest BCUT2D eigenvalue weighted by Gasteiger charge is 2.26. The summed E-state index contributed by atoms with van der Waals surface area (Å²) in [5.41, 5.74) is 0.684.